The van der Waals surface area contributed by atoms with Crippen LogP contribution in [0.5, 0.6) is 5.75 Å². The van der Waals surface area contributed by atoms with Gasteiger partial charge >= 0.3 is 0 Å². The fraction of sp³-hybridized carbons (Fsp3) is 0.579. The Hall–Kier alpha value is -2.11. The third-order valence-electron chi connectivity index (χ3n) is 5.06. The summed E-state index contributed by atoms with van der Waals surface area (Å²) in [6.07, 6.45) is 5.54. The molecule has 3 rings (SSSR count). The minimum Gasteiger partial charge on any atom is -0.492 e. The lowest BCUT2D eigenvalue weighted by Gasteiger charge is -2.36. The van der Waals surface area contributed by atoms with Crippen molar-refractivity contribution >= 4 is 11.8 Å². The highest BCUT2D eigenvalue weighted by molar-refractivity contribution is 5.84. The van der Waals surface area contributed by atoms with Crippen molar-refractivity contribution in [1.29, 1.82) is 0 Å². The summed E-state index contributed by atoms with van der Waals surface area (Å²) in [7, 11) is 0. The Balaban J connectivity index is 1.41. The molecule has 1 aliphatic carbocycles. The average Bonchev–Trinajstić information content (AvgIpc) is 3.15. The predicted octanol–water partition coefficient (Wildman–Crippen LogP) is 2.50. The van der Waals surface area contributed by atoms with Crippen LogP contribution in [0.3, 0.4) is 0 Å². The first-order valence-electron chi connectivity index (χ1n) is 9.09. The maximum absolute atomic E-state index is 12.8. The highest BCUT2D eigenvalue weighted by Crippen LogP contribution is 2.28. The number of rotatable bonds is 6. The number of amides is 2. The van der Waals surface area contributed by atoms with Gasteiger partial charge in [0.1, 0.15) is 18.2 Å². The van der Waals surface area contributed by atoms with Crippen molar-refractivity contribution in [3.05, 3.63) is 30.1 Å². The van der Waals surface area contributed by atoms with E-state index in [1.165, 1.54) is 25.0 Å². The number of carbonyl (C=O) groups excluding carboxylic acids is 2. The minimum absolute atomic E-state index is 0.0156. The molecule has 1 atom stereocenters. The van der Waals surface area contributed by atoms with Crippen LogP contribution in [-0.4, -0.2) is 42.5 Å². The van der Waals surface area contributed by atoms with Crippen LogP contribution in [-0.2, 0) is 9.59 Å². The van der Waals surface area contributed by atoms with Gasteiger partial charge in [-0.15, -0.1) is 0 Å². The second-order valence-corrected chi connectivity index (χ2v) is 6.81. The number of carbonyl (C=O) groups is 2. The van der Waals surface area contributed by atoms with Gasteiger partial charge in [-0.3, -0.25) is 9.59 Å². The molecule has 0 aromatic heterocycles. The first-order chi connectivity index (χ1) is 12.1. The van der Waals surface area contributed by atoms with Crippen LogP contribution < -0.4 is 10.1 Å². The highest BCUT2D eigenvalue weighted by atomic mass is 19.1. The molecule has 0 bridgehead atoms. The first kappa shape index (κ1) is 17.7. The second kappa shape index (κ2) is 8.32. The van der Waals surface area contributed by atoms with Crippen LogP contribution >= 0.6 is 0 Å². The molecule has 1 heterocycles. The van der Waals surface area contributed by atoms with E-state index in [1.54, 1.807) is 12.1 Å². The molecule has 1 saturated heterocycles. The van der Waals surface area contributed by atoms with E-state index in [-0.39, 0.29) is 23.5 Å². The third-order valence-corrected chi connectivity index (χ3v) is 5.06. The summed E-state index contributed by atoms with van der Waals surface area (Å²) in [4.78, 5) is 26.4. The monoisotopic (exact) mass is 348 g/mol. The predicted molar refractivity (Wildman–Crippen MR) is 91.6 cm³/mol. The van der Waals surface area contributed by atoms with E-state index in [9.17, 15) is 14.0 Å². The summed E-state index contributed by atoms with van der Waals surface area (Å²) in [6.45, 7) is 1.26. The van der Waals surface area contributed by atoms with Gasteiger partial charge in [0, 0.05) is 19.0 Å². The molecule has 1 aromatic rings. The van der Waals surface area contributed by atoms with Gasteiger partial charge in [0.2, 0.25) is 11.8 Å². The standard InChI is InChI=1S/C19H25FN2O3/c20-15-6-8-17(9-7-15)25-12-11-21-19(24)14-5-10-18(23)22(13-14)16-3-1-2-4-16/h6-9,14,16H,1-5,10-13H2,(H,21,24)/t14-/m1/s1. The van der Waals surface area contributed by atoms with Crippen molar-refractivity contribution in [2.24, 2.45) is 5.92 Å². The Labute approximate surface area is 147 Å². The van der Waals surface area contributed by atoms with E-state index < -0.39 is 0 Å². The van der Waals surface area contributed by atoms with Gasteiger partial charge in [0.05, 0.1) is 12.5 Å². The number of ether oxygens (including phenoxy) is 1. The number of nitrogens with zero attached hydrogens (tertiary/aromatic N) is 1. The Morgan fingerprint density at radius 3 is 2.64 bits per heavy atom. The van der Waals surface area contributed by atoms with Gasteiger partial charge in [-0.1, -0.05) is 12.8 Å². The summed E-state index contributed by atoms with van der Waals surface area (Å²) in [5.41, 5.74) is 0. The maximum Gasteiger partial charge on any atom is 0.225 e. The molecule has 2 fully saturated rings. The van der Waals surface area contributed by atoms with Gasteiger partial charge in [0.15, 0.2) is 0 Å². The van der Waals surface area contributed by atoms with E-state index >= 15 is 0 Å². The van der Waals surface area contributed by atoms with Crippen LogP contribution in [0.4, 0.5) is 4.39 Å². The smallest absolute Gasteiger partial charge is 0.225 e. The molecule has 5 nitrogen and oxygen atoms in total. The van der Waals surface area contributed by atoms with Crippen molar-refractivity contribution < 1.29 is 18.7 Å². The number of likely N-dealkylation sites (tertiary alicyclic amines) is 1. The van der Waals surface area contributed by atoms with Crippen LogP contribution in [0.1, 0.15) is 38.5 Å². The molecule has 6 heteroatoms. The molecule has 2 amide bonds. The summed E-state index contributed by atoms with van der Waals surface area (Å²) in [6, 6.07) is 6.12. The molecule has 0 spiro atoms. The molecule has 1 aliphatic heterocycles. The summed E-state index contributed by atoms with van der Waals surface area (Å²) in [5, 5.41) is 2.88. The summed E-state index contributed by atoms with van der Waals surface area (Å²) in [5.74, 6) is 0.309. The zero-order valence-electron chi connectivity index (χ0n) is 14.4. The topological polar surface area (TPSA) is 58.6 Å². The van der Waals surface area contributed by atoms with E-state index in [0.717, 1.165) is 12.8 Å². The largest absolute Gasteiger partial charge is 0.492 e. The van der Waals surface area contributed by atoms with Gasteiger partial charge < -0.3 is 15.0 Å². The SMILES string of the molecule is O=C(NCCOc1ccc(F)cc1)[C@@H]1CCC(=O)N(C2CCCC2)C1. The molecule has 25 heavy (non-hydrogen) atoms. The van der Waals surface area contributed by atoms with Gasteiger partial charge in [-0.2, -0.15) is 0 Å². The number of piperidine rings is 1. The molecule has 1 N–H and O–H groups in total. The summed E-state index contributed by atoms with van der Waals surface area (Å²) < 4.78 is 18.3. The molecule has 1 saturated carbocycles. The molecular formula is C19H25FN2O3. The Morgan fingerprint density at radius 1 is 1.20 bits per heavy atom. The zero-order valence-corrected chi connectivity index (χ0v) is 14.4. The number of hydrogen-bond donors (Lipinski definition) is 1. The first-order valence-corrected chi connectivity index (χ1v) is 9.09. The highest BCUT2D eigenvalue weighted by Gasteiger charge is 2.34. The van der Waals surface area contributed by atoms with E-state index in [4.69, 9.17) is 4.74 Å². The minimum atomic E-state index is -0.306. The van der Waals surface area contributed by atoms with Crippen LogP contribution in [0.15, 0.2) is 24.3 Å². The van der Waals surface area contributed by atoms with E-state index in [1.807, 2.05) is 4.90 Å². The summed E-state index contributed by atoms with van der Waals surface area (Å²) >= 11 is 0. The van der Waals surface area contributed by atoms with Gasteiger partial charge in [-0.25, -0.2) is 4.39 Å². The maximum atomic E-state index is 12.8. The zero-order chi connectivity index (χ0) is 17.6. The Morgan fingerprint density at radius 2 is 1.92 bits per heavy atom. The Kier molecular flexibility index (Phi) is 5.89. The van der Waals surface area contributed by atoms with Crippen molar-refractivity contribution in [2.75, 3.05) is 19.7 Å². The lowest BCUT2D eigenvalue weighted by Crippen LogP contribution is -2.49. The van der Waals surface area contributed by atoms with E-state index in [0.29, 0.717) is 44.3 Å². The molecule has 136 valence electrons. The molecular weight excluding hydrogens is 323 g/mol. The normalized spacial score (nSPS) is 21.4. The molecule has 0 radical (unpaired) electrons. The molecule has 1 aromatic carbocycles. The van der Waals surface area contributed by atoms with Crippen molar-refractivity contribution in [3.63, 3.8) is 0 Å². The van der Waals surface area contributed by atoms with Crippen molar-refractivity contribution in [2.45, 2.75) is 44.6 Å². The molecule has 0 unspecified atom stereocenters. The third kappa shape index (κ3) is 4.71. The second-order valence-electron chi connectivity index (χ2n) is 6.81. The lowest BCUT2D eigenvalue weighted by atomic mass is 9.95. The quantitative estimate of drug-likeness (QED) is 0.804. The number of nitrogens with one attached hydrogen (secondary N) is 1. The van der Waals surface area contributed by atoms with Gasteiger partial charge in [-0.05, 0) is 43.5 Å². The van der Waals surface area contributed by atoms with Crippen molar-refractivity contribution in [3.8, 4) is 5.75 Å². The molecule has 2 aliphatic rings. The fourth-order valence-electron chi connectivity index (χ4n) is 3.67. The van der Waals surface area contributed by atoms with Crippen LogP contribution in [0, 0.1) is 11.7 Å². The van der Waals surface area contributed by atoms with Crippen LogP contribution in [0.2, 0.25) is 0 Å². The van der Waals surface area contributed by atoms with Crippen LogP contribution in [0.25, 0.3) is 0 Å². The number of hydrogen-bond acceptors (Lipinski definition) is 3. The number of benzene rings is 1. The van der Waals surface area contributed by atoms with Crippen molar-refractivity contribution in [1.82, 2.24) is 10.2 Å². The fourth-order valence-corrected chi connectivity index (χ4v) is 3.67. The van der Waals surface area contributed by atoms with E-state index in [2.05, 4.69) is 5.32 Å². The average molecular weight is 348 g/mol. The Bertz CT molecular complexity index is 599. The number of halogens is 1. The lowest BCUT2D eigenvalue weighted by molar-refractivity contribution is -0.140. The van der Waals surface area contributed by atoms with Gasteiger partial charge in [0.25, 0.3) is 0 Å².